The highest BCUT2D eigenvalue weighted by Gasteiger charge is 2.50. The topological polar surface area (TPSA) is 80.9 Å². The number of hydrogen-bond acceptors (Lipinski definition) is 4. The summed E-state index contributed by atoms with van der Waals surface area (Å²) in [5.74, 6) is 1.74. The van der Waals surface area contributed by atoms with Crippen LogP contribution in [0.2, 0.25) is 0 Å². The average molecular weight is 433 g/mol. The largest absolute Gasteiger partial charge is 0.393 e. The first kappa shape index (κ1) is 24.7. The summed E-state index contributed by atoms with van der Waals surface area (Å²) in [6.07, 6.45) is 11.1. The Hall–Kier alpha value is -0.940. The minimum atomic E-state index is -1.04. The van der Waals surface area contributed by atoms with E-state index in [2.05, 4.69) is 32.6 Å². The lowest BCUT2D eigenvalue weighted by atomic mass is 9.60. The molecule has 0 heterocycles. The first-order valence-corrected chi connectivity index (χ1v) is 12.3. The lowest BCUT2D eigenvalue weighted by Gasteiger charge is -2.44. The minimum absolute atomic E-state index is 0.282. The van der Waals surface area contributed by atoms with Gasteiger partial charge in [-0.3, -0.25) is 0 Å². The van der Waals surface area contributed by atoms with E-state index < -0.39 is 23.9 Å². The molecule has 0 unspecified atom stereocenters. The van der Waals surface area contributed by atoms with E-state index in [1.807, 2.05) is 0 Å². The van der Waals surface area contributed by atoms with Crippen LogP contribution < -0.4 is 0 Å². The van der Waals surface area contributed by atoms with Crippen molar-refractivity contribution >= 4 is 0 Å². The van der Waals surface area contributed by atoms with Gasteiger partial charge in [-0.1, -0.05) is 38.2 Å². The molecule has 0 aromatic carbocycles. The number of allylic oxidation sites excluding steroid dienone is 3. The minimum Gasteiger partial charge on any atom is -0.393 e. The molecule has 0 saturated heterocycles. The molecular formula is C27H44O4. The van der Waals surface area contributed by atoms with E-state index in [9.17, 15) is 20.4 Å². The van der Waals surface area contributed by atoms with E-state index in [4.69, 9.17) is 0 Å². The van der Waals surface area contributed by atoms with Gasteiger partial charge in [0.2, 0.25) is 0 Å². The Balaban J connectivity index is 1.71. The highest BCUT2D eigenvalue weighted by Crippen LogP contribution is 2.60. The van der Waals surface area contributed by atoms with E-state index in [-0.39, 0.29) is 5.41 Å². The van der Waals surface area contributed by atoms with Crippen LogP contribution in [0.1, 0.15) is 85.5 Å². The van der Waals surface area contributed by atoms with Crippen molar-refractivity contribution in [2.75, 3.05) is 0 Å². The lowest BCUT2D eigenvalue weighted by Crippen LogP contribution is -2.38. The summed E-state index contributed by atoms with van der Waals surface area (Å²) < 4.78 is 0. The predicted molar refractivity (Wildman–Crippen MR) is 125 cm³/mol. The Labute approximate surface area is 188 Å². The van der Waals surface area contributed by atoms with Crippen LogP contribution in [0.15, 0.2) is 35.5 Å². The zero-order chi connectivity index (χ0) is 23.0. The second kappa shape index (κ2) is 9.51. The number of fused-ring (bicyclic) bond motifs is 1. The van der Waals surface area contributed by atoms with Gasteiger partial charge in [-0.15, -0.1) is 0 Å². The first-order valence-electron chi connectivity index (χ1n) is 12.3. The molecule has 0 bridgehead atoms. The maximum absolute atomic E-state index is 10.3. The van der Waals surface area contributed by atoms with Crippen molar-refractivity contribution in [3.05, 3.63) is 35.5 Å². The molecule has 0 amide bonds. The van der Waals surface area contributed by atoms with Gasteiger partial charge < -0.3 is 20.4 Å². The standard InChI is InChI=1S/C27H44O4/c1-17(8-13-25(30)26(3,4)31)22-11-12-23-19(7-6-14-27(22,23)5)9-10-20-15-21(28)16-24(29)18(20)2/h9-10,17,21-25,28-31H,2,6-8,11-16H2,1,3-5H3/b19-9?,20-10-/t17-,21-,22-,23+,24+,25-,27-/m1/s1. The third-order valence-corrected chi connectivity index (χ3v) is 8.70. The van der Waals surface area contributed by atoms with E-state index in [0.717, 1.165) is 24.0 Å². The highest BCUT2D eigenvalue weighted by atomic mass is 16.3. The molecule has 0 spiro atoms. The molecule has 4 heteroatoms. The number of rotatable bonds is 6. The van der Waals surface area contributed by atoms with E-state index >= 15 is 0 Å². The molecule has 0 aromatic heterocycles. The Morgan fingerprint density at radius 2 is 1.90 bits per heavy atom. The number of aliphatic hydroxyl groups is 4. The fraction of sp³-hybridized carbons (Fsp3) is 0.778. The third kappa shape index (κ3) is 5.35. The van der Waals surface area contributed by atoms with Gasteiger partial charge in [0.1, 0.15) is 0 Å². The molecule has 7 atom stereocenters. The monoisotopic (exact) mass is 432 g/mol. The average Bonchev–Trinajstić information content (AvgIpc) is 3.04. The maximum Gasteiger partial charge on any atom is 0.0849 e. The molecule has 3 aliphatic carbocycles. The summed E-state index contributed by atoms with van der Waals surface area (Å²) in [7, 11) is 0. The fourth-order valence-corrected chi connectivity index (χ4v) is 6.65. The van der Waals surface area contributed by atoms with Gasteiger partial charge in [0.25, 0.3) is 0 Å². The van der Waals surface area contributed by atoms with Crippen LogP contribution >= 0.6 is 0 Å². The summed E-state index contributed by atoms with van der Waals surface area (Å²) in [4.78, 5) is 0. The zero-order valence-corrected chi connectivity index (χ0v) is 20.0. The Morgan fingerprint density at radius 1 is 1.19 bits per heavy atom. The second-order valence-corrected chi connectivity index (χ2v) is 11.4. The Morgan fingerprint density at radius 3 is 2.58 bits per heavy atom. The molecule has 3 saturated carbocycles. The molecule has 0 aliphatic heterocycles. The zero-order valence-electron chi connectivity index (χ0n) is 20.0. The molecule has 176 valence electrons. The van der Waals surface area contributed by atoms with E-state index in [0.29, 0.717) is 37.0 Å². The molecule has 3 rings (SSSR count). The van der Waals surface area contributed by atoms with Crippen LogP contribution in [0.25, 0.3) is 0 Å². The van der Waals surface area contributed by atoms with Crippen molar-refractivity contribution in [1.82, 2.24) is 0 Å². The fourth-order valence-electron chi connectivity index (χ4n) is 6.65. The molecule has 4 nitrogen and oxygen atoms in total. The molecule has 3 fully saturated rings. The van der Waals surface area contributed by atoms with Crippen LogP contribution in [-0.2, 0) is 0 Å². The van der Waals surface area contributed by atoms with Gasteiger partial charge in [0.05, 0.1) is 23.9 Å². The van der Waals surface area contributed by atoms with Crippen molar-refractivity contribution in [1.29, 1.82) is 0 Å². The van der Waals surface area contributed by atoms with Crippen LogP contribution in [0.5, 0.6) is 0 Å². The van der Waals surface area contributed by atoms with Crippen LogP contribution in [-0.4, -0.2) is 44.3 Å². The van der Waals surface area contributed by atoms with Crippen molar-refractivity contribution in [2.24, 2.45) is 23.2 Å². The molecule has 3 aliphatic rings. The van der Waals surface area contributed by atoms with E-state index in [1.165, 1.54) is 31.3 Å². The number of hydrogen-bond donors (Lipinski definition) is 4. The van der Waals surface area contributed by atoms with Crippen molar-refractivity contribution in [2.45, 2.75) is 109 Å². The smallest absolute Gasteiger partial charge is 0.0849 e. The summed E-state index contributed by atoms with van der Waals surface area (Å²) in [5, 5.41) is 40.5. The van der Waals surface area contributed by atoms with Crippen molar-refractivity contribution in [3.63, 3.8) is 0 Å². The summed E-state index contributed by atoms with van der Waals surface area (Å²) in [6, 6.07) is 0. The molecular weight excluding hydrogens is 388 g/mol. The van der Waals surface area contributed by atoms with Gasteiger partial charge in [0, 0.05) is 6.42 Å². The van der Waals surface area contributed by atoms with Crippen molar-refractivity contribution < 1.29 is 20.4 Å². The SMILES string of the molecule is C=C1/C(=C\C=C2CCC[C@]3(C)[C@@H]([C@H](C)CC[C@@H](O)C(C)(C)O)CC[C@@H]23)C[C@@H](O)C[C@@H]1O. The van der Waals surface area contributed by atoms with Gasteiger partial charge >= 0.3 is 0 Å². The first-order chi connectivity index (χ1) is 14.4. The van der Waals surface area contributed by atoms with Gasteiger partial charge in [-0.2, -0.15) is 0 Å². The molecule has 31 heavy (non-hydrogen) atoms. The molecule has 0 radical (unpaired) electrons. The second-order valence-electron chi connectivity index (χ2n) is 11.4. The molecule has 4 N–H and O–H groups in total. The predicted octanol–water partition coefficient (Wildman–Crippen LogP) is 4.68. The van der Waals surface area contributed by atoms with Crippen LogP contribution in [0, 0.1) is 23.2 Å². The van der Waals surface area contributed by atoms with Crippen LogP contribution in [0.4, 0.5) is 0 Å². The van der Waals surface area contributed by atoms with E-state index in [1.54, 1.807) is 13.8 Å². The lowest BCUT2D eigenvalue weighted by molar-refractivity contribution is -0.0554. The molecule has 0 aromatic rings. The summed E-state index contributed by atoms with van der Waals surface area (Å²) >= 11 is 0. The van der Waals surface area contributed by atoms with Gasteiger partial charge in [-0.05, 0) is 99.5 Å². The third-order valence-electron chi connectivity index (χ3n) is 8.70. The number of aliphatic hydroxyl groups excluding tert-OH is 3. The Bertz CT molecular complexity index is 715. The quantitative estimate of drug-likeness (QED) is 0.491. The van der Waals surface area contributed by atoms with Crippen LogP contribution in [0.3, 0.4) is 0 Å². The summed E-state index contributed by atoms with van der Waals surface area (Å²) in [5.41, 5.74) is 2.48. The van der Waals surface area contributed by atoms with Crippen molar-refractivity contribution in [3.8, 4) is 0 Å². The van der Waals surface area contributed by atoms with Gasteiger partial charge in [0.15, 0.2) is 0 Å². The highest BCUT2D eigenvalue weighted by molar-refractivity contribution is 5.38. The Kier molecular flexibility index (Phi) is 7.57. The maximum atomic E-state index is 10.3. The normalized spacial score (nSPS) is 39.0. The van der Waals surface area contributed by atoms with Gasteiger partial charge in [-0.25, -0.2) is 0 Å². The summed E-state index contributed by atoms with van der Waals surface area (Å²) in [6.45, 7) is 12.2.